The minimum absolute atomic E-state index is 0.137. The van der Waals surface area contributed by atoms with Crippen LogP contribution in [-0.4, -0.2) is 26.8 Å². The molecule has 0 aliphatic heterocycles. The molecule has 1 aromatic carbocycles. The number of aryl methyl sites for hydroxylation is 1. The van der Waals surface area contributed by atoms with Crippen LogP contribution < -0.4 is 5.32 Å². The van der Waals surface area contributed by atoms with Gasteiger partial charge in [-0.05, 0) is 25.0 Å². The van der Waals surface area contributed by atoms with Gasteiger partial charge in [0.1, 0.15) is 0 Å². The van der Waals surface area contributed by atoms with Crippen molar-refractivity contribution in [3.63, 3.8) is 0 Å². The van der Waals surface area contributed by atoms with Crippen LogP contribution in [0.25, 0.3) is 11.4 Å². The summed E-state index contributed by atoms with van der Waals surface area (Å²) >= 11 is 0. The van der Waals surface area contributed by atoms with Gasteiger partial charge in [0.25, 0.3) is 0 Å². The molecule has 0 radical (unpaired) electrons. The van der Waals surface area contributed by atoms with E-state index in [9.17, 15) is 9.90 Å². The second-order valence-electron chi connectivity index (χ2n) is 6.23. The van der Waals surface area contributed by atoms with Crippen LogP contribution in [0.4, 0.5) is 5.69 Å². The maximum Gasteiger partial charge on any atom is 0.227 e. The second-order valence-corrected chi connectivity index (χ2v) is 6.23. The highest BCUT2D eigenvalue weighted by molar-refractivity contribution is 5.92. The molecular weight excluding hydrogens is 294 g/mol. The van der Waals surface area contributed by atoms with Crippen molar-refractivity contribution in [1.82, 2.24) is 10.1 Å². The van der Waals surface area contributed by atoms with Crippen LogP contribution in [0.2, 0.25) is 0 Å². The Labute approximate surface area is 134 Å². The van der Waals surface area contributed by atoms with E-state index in [1.165, 1.54) is 0 Å². The van der Waals surface area contributed by atoms with E-state index in [4.69, 9.17) is 4.52 Å². The average Bonchev–Trinajstić information content (AvgIpc) is 2.94. The molecule has 1 saturated carbocycles. The summed E-state index contributed by atoms with van der Waals surface area (Å²) in [5.41, 5.74) is 0.579. The fourth-order valence-corrected chi connectivity index (χ4v) is 3.04. The van der Waals surface area contributed by atoms with E-state index in [0.29, 0.717) is 30.2 Å². The van der Waals surface area contributed by atoms with Crippen LogP contribution >= 0.6 is 0 Å². The van der Waals surface area contributed by atoms with Gasteiger partial charge in [0.15, 0.2) is 0 Å². The molecule has 23 heavy (non-hydrogen) atoms. The van der Waals surface area contributed by atoms with Crippen molar-refractivity contribution in [2.45, 2.75) is 51.0 Å². The number of carbonyl (C=O) groups excluding carboxylic acids is 1. The molecule has 122 valence electrons. The Morgan fingerprint density at radius 3 is 2.83 bits per heavy atom. The van der Waals surface area contributed by atoms with Crippen molar-refractivity contribution >= 4 is 11.6 Å². The molecule has 0 unspecified atom stereocenters. The Hall–Kier alpha value is -2.21. The summed E-state index contributed by atoms with van der Waals surface area (Å²) in [6, 6.07) is 7.28. The van der Waals surface area contributed by atoms with E-state index in [1.807, 2.05) is 12.1 Å². The number of aliphatic hydroxyl groups is 1. The highest BCUT2D eigenvalue weighted by Crippen LogP contribution is 2.31. The van der Waals surface area contributed by atoms with E-state index >= 15 is 0 Å². The first-order valence-corrected chi connectivity index (χ1v) is 7.97. The maximum absolute atomic E-state index is 12.2. The smallest absolute Gasteiger partial charge is 0.227 e. The summed E-state index contributed by atoms with van der Waals surface area (Å²) in [7, 11) is 0. The number of hydrogen-bond acceptors (Lipinski definition) is 5. The van der Waals surface area contributed by atoms with Gasteiger partial charge >= 0.3 is 0 Å². The SMILES string of the molecule is Cc1nc(-c2cccc(NC(=O)CC3(O)CCCCC3)c2)no1. The standard InChI is InChI=1S/C17H21N3O3/c1-12-18-16(20-23-12)13-6-5-7-14(10-13)19-15(21)11-17(22)8-3-2-4-9-17/h5-7,10,22H,2-4,8-9,11H2,1H3,(H,19,21). The second kappa shape index (κ2) is 6.50. The fraction of sp³-hybridized carbons (Fsp3) is 0.471. The van der Waals surface area contributed by atoms with Gasteiger partial charge in [-0.15, -0.1) is 0 Å². The van der Waals surface area contributed by atoms with Gasteiger partial charge in [0, 0.05) is 18.2 Å². The zero-order chi connectivity index (χ0) is 16.3. The summed E-state index contributed by atoms with van der Waals surface area (Å²) in [6.07, 6.45) is 4.63. The van der Waals surface area contributed by atoms with Crippen molar-refractivity contribution in [1.29, 1.82) is 0 Å². The fourth-order valence-electron chi connectivity index (χ4n) is 3.04. The minimum atomic E-state index is -0.856. The summed E-state index contributed by atoms with van der Waals surface area (Å²) in [5, 5.41) is 17.2. The molecule has 0 bridgehead atoms. The van der Waals surface area contributed by atoms with Gasteiger partial charge in [0.05, 0.1) is 12.0 Å². The molecule has 2 N–H and O–H groups in total. The molecule has 1 aromatic heterocycles. The molecule has 6 heteroatoms. The number of amides is 1. The summed E-state index contributed by atoms with van der Waals surface area (Å²) in [4.78, 5) is 16.4. The topological polar surface area (TPSA) is 88.2 Å². The van der Waals surface area contributed by atoms with Crippen LogP contribution in [0.5, 0.6) is 0 Å². The normalized spacial score (nSPS) is 17.0. The van der Waals surface area contributed by atoms with Gasteiger partial charge in [-0.2, -0.15) is 4.98 Å². The Bertz CT molecular complexity index is 690. The molecule has 0 saturated heterocycles. The first-order valence-electron chi connectivity index (χ1n) is 7.97. The number of nitrogens with zero attached hydrogens (tertiary/aromatic N) is 2. The molecule has 1 fully saturated rings. The third-order valence-corrected chi connectivity index (χ3v) is 4.21. The van der Waals surface area contributed by atoms with Gasteiger partial charge in [-0.25, -0.2) is 0 Å². The Morgan fingerprint density at radius 2 is 2.13 bits per heavy atom. The van der Waals surface area contributed by atoms with E-state index in [2.05, 4.69) is 15.5 Å². The summed E-state index contributed by atoms with van der Waals surface area (Å²) in [6.45, 7) is 1.73. The predicted octanol–water partition coefficient (Wildman–Crippen LogP) is 3.07. The van der Waals surface area contributed by atoms with E-state index in [0.717, 1.165) is 24.8 Å². The summed E-state index contributed by atoms with van der Waals surface area (Å²) in [5.74, 6) is 0.814. The lowest BCUT2D eigenvalue weighted by Crippen LogP contribution is -2.35. The monoisotopic (exact) mass is 315 g/mol. The number of anilines is 1. The lowest BCUT2D eigenvalue weighted by atomic mass is 9.82. The van der Waals surface area contributed by atoms with Crippen LogP contribution in [0.1, 0.15) is 44.4 Å². The third kappa shape index (κ3) is 3.96. The first kappa shape index (κ1) is 15.7. The largest absolute Gasteiger partial charge is 0.389 e. The number of carbonyl (C=O) groups is 1. The Morgan fingerprint density at radius 1 is 1.35 bits per heavy atom. The van der Waals surface area contributed by atoms with Crippen LogP contribution in [-0.2, 0) is 4.79 Å². The number of nitrogens with one attached hydrogen (secondary N) is 1. The lowest BCUT2D eigenvalue weighted by Gasteiger charge is -2.31. The Balaban J connectivity index is 1.67. The van der Waals surface area contributed by atoms with Crippen molar-refractivity contribution in [3.05, 3.63) is 30.2 Å². The molecular formula is C17H21N3O3. The molecule has 0 atom stereocenters. The molecule has 1 aliphatic rings. The minimum Gasteiger partial charge on any atom is -0.389 e. The highest BCUT2D eigenvalue weighted by Gasteiger charge is 2.31. The first-order chi connectivity index (χ1) is 11.0. The van der Waals surface area contributed by atoms with Gasteiger partial charge in [0.2, 0.25) is 17.6 Å². The molecule has 1 heterocycles. The van der Waals surface area contributed by atoms with Crippen molar-refractivity contribution in [3.8, 4) is 11.4 Å². The van der Waals surface area contributed by atoms with Crippen LogP contribution in [0.3, 0.4) is 0 Å². The predicted molar refractivity (Wildman–Crippen MR) is 85.8 cm³/mol. The van der Waals surface area contributed by atoms with E-state index in [-0.39, 0.29) is 12.3 Å². The van der Waals surface area contributed by atoms with Gasteiger partial charge in [-0.3, -0.25) is 4.79 Å². The molecule has 1 aliphatic carbocycles. The number of aromatic nitrogens is 2. The van der Waals surface area contributed by atoms with E-state index < -0.39 is 5.60 Å². The van der Waals surface area contributed by atoms with Crippen molar-refractivity contribution in [2.24, 2.45) is 0 Å². The van der Waals surface area contributed by atoms with Crippen LogP contribution in [0.15, 0.2) is 28.8 Å². The molecule has 2 aromatic rings. The van der Waals surface area contributed by atoms with E-state index in [1.54, 1.807) is 19.1 Å². The average molecular weight is 315 g/mol. The van der Waals surface area contributed by atoms with Gasteiger partial charge in [-0.1, -0.05) is 36.6 Å². The maximum atomic E-state index is 12.2. The van der Waals surface area contributed by atoms with Gasteiger partial charge < -0.3 is 14.9 Å². The quantitative estimate of drug-likeness (QED) is 0.905. The zero-order valence-electron chi connectivity index (χ0n) is 13.2. The Kier molecular flexibility index (Phi) is 4.43. The zero-order valence-corrected chi connectivity index (χ0v) is 13.2. The number of benzene rings is 1. The molecule has 3 rings (SSSR count). The number of hydrogen-bond donors (Lipinski definition) is 2. The highest BCUT2D eigenvalue weighted by atomic mass is 16.5. The molecule has 0 spiro atoms. The van der Waals surface area contributed by atoms with Crippen molar-refractivity contribution < 1.29 is 14.4 Å². The molecule has 1 amide bonds. The third-order valence-electron chi connectivity index (χ3n) is 4.21. The lowest BCUT2D eigenvalue weighted by molar-refractivity contribution is -0.122. The summed E-state index contributed by atoms with van der Waals surface area (Å²) < 4.78 is 4.97. The molecule has 6 nitrogen and oxygen atoms in total. The van der Waals surface area contributed by atoms with Crippen molar-refractivity contribution in [2.75, 3.05) is 5.32 Å². The number of rotatable bonds is 4. The van der Waals surface area contributed by atoms with Crippen LogP contribution in [0, 0.1) is 6.92 Å².